The zero-order valence-electron chi connectivity index (χ0n) is 12.5. The summed E-state index contributed by atoms with van der Waals surface area (Å²) in [6, 6.07) is 19.4. The van der Waals surface area contributed by atoms with Crippen molar-refractivity contribution >= 4 is 10.8 Å². The summed E-state index contributed by atoms with van der Waals surface area (Å²) in [5.41, 5.74) is 3.36. The minimum Gasteiger partial charge on any atom is -0.333 e. The normalized spacial score (nSPS) is 11.0. The molecule has 4 aromatic rings. The lowest BCUT2D eigenvalue weighted by Gasteiger charge is -2.07. The molecule has 0 aliphatic heterocycles. The zero-order valence-corrected chi connectivity index (χ0v) is 12.5. The fourth-order valence-corrected chi connectivity index (χ4v) is 2.81. The van der Waals surface area contributed by atoms with Crippen molar-refractivity contribution in [1.29, 1.82) is 0 Å². The molecule has 1 aromatic heterocycles. The number of aromatic nitrogens is 2. The monoisotopic (exact) mass is 302 g/mol. The van der Waals surface area contributed by atoms with Crippen molar-refractivity contribution < 1.29 is 4.39 Å². The summed E-state index contributed by atoms with van der Waals surface area (Å²) >= 11 is 0. The molecular weight excluding hydrogens is 287 g/mol. The van der Waals surface area contributed by atoms with Gasteiger partial charge in [0.05, 0.1) is 6.33 Å². The molecule has 4 rings (SSSR count). The van der Waals surface area contributed by atoms with Crippen LogP contribution in [0.25, 0.3) is 21.9 Å². The van der Waals surface area contributed by atoms with Crippen LogP contribution in [-0.4, -0.2) is 9.55 Å². The van der Waals surface area contributed by atoms with Gasteiger partial charge in [-0.05, 0) is 51.7 Å². The fraction of sp³-hybridized carbons (Fsp3) is 0.0500. The molecule has 112 valence electrons. The summed E-state index contributed by atoms with van der Waals surface area (Å²) in [5, 5.41) is 2.38. The van der Waals surface area contributed by atoms with Gasteiger partial charge in [-0.15, -0.1) is 0 Å². The topological polar surface area (TPSA) is 17.8 Å². The quantitative estimate of drug-likeness (QED) is 0.527. The van der Waals surface area contributed by atoms with Gasteiger partial charge in [-0.25, -0.2) is 9.37 Å². The number of fused-ring (bicyclic) bond motifs is 1. The highest BCUT2D eigenvalue weighted by Gasteiger charge is 2.02. The Hall–Kier alpha value is -2.94. The molecule has 0 aliphatic carbocycles. The molecule has 0 radical (unpaired) electrons. The van der Waals surface area contributed by atoms with Crippen LogP contribution >= 0.6 is 0 Å². The van der Waals surface area contributed by atoms with Gasteiger partial charge in [0.1, 0.15) is 5.82 Å². The van der Waals surface area contributed by atoms with E-state index in [-0.39, 0.29) is 5.82 Å². The maximum Gasteiger partial charge on any atom is 0.123 e. The van der Waals surface area contributed by atoms with E-state index in [0.717, 1.165) is 17.7 Å². The molecule has 0 fully saturated rings. The molecule has 23 heavy (non-hydrogen) atoms. The predicted octanol–water partition coefficient (Wildman–Crippen LogP) is 4.89. The van der Waals surface area contributed by atoms with Crippen LogP contribution in [0.4, 0.5) is 4.39 Å². The van der Waals surface area contributed by atoms with Crippen LogP contribution < -0.4 is 0 Å². The lowest BCUT2D eigenvalue weighted by atomic mass is 10.00. The van der Waals surface area contributed by atoms with Crippen LogP contribution in [0.2, 0.25) is 0 Å². The zero-order chi connectivity index (χ0) is 15.6. The van der Waals surface area contributed by atoms with Crippen molar-refractivity contribution in [3.8, 4) is 11.1 Å². The standard InChI is InChI=1S/C20H15FN2/c21-20-7-5-16(6-8-20)18-4-3-17-11-15(1-2-19(17)12-18)13-23-10-9-22-14-23/h1-12,14H,13H2. The van der Waals surface area contributed by atoms with Crippen LogP contribution in [0.1, 0.15) is 5.56 Å². The first-order valence-electron chi connectivity index (χ1n) is 7.52. The van der Waals surface area contributed by atoms with Gasteiger partial charge in [0.25, 0.3) is 0 Å². The van der Waals surface area contributed by atoms with Gasteiger partial charge in [0, 0.05) is 18.9 Å². The minimum absolute atomic E-state index is 0.210. The van der Waals surface area contributed by atoms with E-state index in [1.807, 2.05) is 29.2 Å². The first kappa shape index (κ1) is 13.7. The third-order valence-corrected chi connectivity index (χ3v) is 4.01. The molecule has 3 aromatic carbocycles. The maximum atomic E-state index is 13.0. The maximum absolute atomic E-state index is 13.0. The highest BCUT2D eigenvalue weighted by atomic mass is 19.1. The Bertz CT molecular complexity index is 941. The van der Waals surface area contributed by atoms with E-state index < -0.39 is 0 Å². The van der Waals surface area contributed by atoms with Crippen molar-refractivity contribution in [3.05, 3.63) is 90.8 Å². The summed E-state index contributed by atoms with van der Waals surface area (Å²) in [6.07, 6.45) is 5.57. The fourth-order valence-electron chi connectivity index (χ4n) is 2.81. The summed E-state index contributed by atoms with van der Waals surface area (Å²) in [6.45, 7) is 0.815. The number of rotatable bonds is 3. The summed E-state index contributed by atoms with van der Waals surface area (Å²) in [4.78, 5) is 4.07. The van der Waals surface area contributed by atoms with Crippen molar-refractivity contribution in [2.75, 3.05) is 0 Å². The highest BCUT2D eigenvalue weighted by molar-refractivity contribution is 5.87. The van der Waals surface area contributed by atoms with Gasteiger partial charge >= 0.3 is 0 Å². The lowest BCUT2D eigenvalue weighted by molar-refractivity contribution is 0.628. The summed E-state index contributed by atoms with van der Waals surface area (Å²) in [7, 11) is 0. The van der Waals surface area contributed by atoms with Gasteiger partial charge < -0.3 is 4.57 Å². The Morgan fingerprint density at radius 3 is 2.35 bits per heavy atom. The first-order valence-corrected chi connectivity index (χ1v) is 7.52. The number of hydrogen-bond acceptors (Lipinski definition) is 1. The molecule has 0 bridgehead atoms. The number of halogens is 1. The van der Waals surface area contributed by atoms with Gasteiger partial charge in [-0.2, -0.15) is 0 Å². The molecule has 0 saturated carbocycles. The minimum atomic E-state index is -0.210. The third kappa shape index (κ3) is 2.86. The Kier molecular flexibility index (Phi) is 3.39. The van der Waals surface area contributed by atoms with E-state index in [2.05, 4.69) is 41.4 Å². The number of imidazole rings is 1. The van der Waals surface area contributed by atoms with E-state index in [0.29, 0.717) is 0 Å². The Morgan fingerprint density at radius 2 is 1.57 bits per heavy atom. The predicted molar refractivity (Wildman–Crippen MR) is 90.7 cm³/mol. The number of benzene rings is 3. The number of nitrogens with zero attached hydrogens (tertiary/aromatic N) is 2. The Labute approximate surface area is 133 Å². The Morgan fingerprint density at radius 1 is 0.826 bits per heavy atom. The van der Waals surface area contributed by atoms with E-state index >= 15 is 0 Å². The average Bonchev–Trinajstić information content (AvgIpc) is 3.08. The van der Waals surface area contributed by atoms with Crippen LogP contribution in [0.5, 0.6) is 0 Å². The second-order valence-electron chi connectivity index (χ2n) is 5.64. The van der Waals surface area contributed by atoms with Crippen LogP contribution in [0.15, 0.2) is 79.4 Å². The number of hydrogen-bond donors (Lipinski definition) is 0. The van der Waals surface area contributed by atoms with Crippen molar-refractivity contribution in [2.24, 2.45) is 0 Å². The van der Waals surface area contributed by atoms with Crippen molar-refractivity contribution in [2.45, 2.75) is 6.54 Å². The van der Waals surface area contributed by atoms with Gasteiger partial charge in [-0.1, -0.05) is 36.4 Å². The van der Waals surface area contributed by atoms with Crippen molar-refractivity contribution in [1.82, 2.24) is 9.55 Å². The van der Waals surface area contributed by atoms with E-state index in [4.69, 9.17) is 0 Å². The van der Waals surface area contributed by atoms with Crippen molar-refractivity contribution in [3.63, 3.8) is 0 Å². The van der Waals surface area contributed by atoms with E-state index in [1.165, 1.54) is 28.5 Å². The lowest BCUT2D eigenvalue weighted by Crippen LogP contribution is -1.95. The van der Waals surface area contributed by atoms with Crippen LogP contribution in [-0.2, 0) is 6.54 Å². The van der Waals surface area contributed by atoms with Gasteiger partial charge in [0.2, 0.25) is 0 Å². The van der Waals surface area contributed by atoms with Crippen LogP contribution in [0.3, 0.4) is 0 Å². The molecule has 0 unspecified atom stereocenters. The molecule has 0 saturated heterocycles. The first-order chi connectivity index (χ1) is 11.3. The third-order valence-electron chi connectivity index (χ3n) is 4.01. The smallest absolute Gasteiger partial charge is 0.123 e. The highest BCUT2D eigenvalue weighted by Crippen LogP contribution is 2.25. The summed E-state index contributed by atoms with van der Waals surface area (Å²) in [5.74, 6) is -0.210. The largest absolute Gasteiger partial charge is 0.333 e. The van der Waals surface area contributed by atoms with E-state index in [1.54, 1.807) is 6.20 Å². The average molecular weight is 302 g/mol. The molecule has 3 heteroatoms. The molecule has 0 spiro atoms. The molecule has 2 nitrogen and oxygen atoms in total. The SMILES string of the molecule is Fc1ccc(-c2ccc3cc(Cn4ccnc4)ccc3c2)cc1. The molecular formula is C20H15FN2. The van der Waals surface area contributed by atoms with E-state index in [9.17, 15) is 4.39 Å². The molecule has 1 heterocycles. The van der Waals surface area contributed by atoms with Crippen LogP contribution in [0, 0.1) is 5.82 Å². The summed E-state index contributed by atoms with van der Waals surface area (Å²) < 4.78 is 15.1. The molecule has 0 aliphatic rings. The van der Waals surface area contributed by atoms with Gasteiger partial charge in [-0.3, -0.25) is 0 Å². The Balaban J connectivity index is 1.68. The molecule has 0 atom stereocenters. The second kappa shape index (κ2) is 5.69. The molecule has 0 amide bonds. The molecule has 0 N–H and O–H groups in total. The van der Waals surface area contributed by atoms with Gasteiger partial charge in [0.15, 0.2) is 0 Å². The second-order valence-corrected chi connectivity index (χ2v) is 5.64.